The van der Waals surface area contributed by atoms with Crippen LogP contribution in [-0.2, 0) is 30.5 Å². The number of likely N-dealkylation sites (tertiary alicyclic amines) is 1. The zero-order valence-corrected chi connectivity index (χ0v) is 24.2. The van der Waals surface area contributed by atoms with Crippen molar-refractivity contribution in [3.63, 3.8) is 0 Å². The van der Waals surface area contributed by atoms with Gasteiger partial charge in [0.25, 0.3) is 11.5 Å². The van der Waals surface area contributed by atoms with Crippen LogP contribution in [0.15, 0.2) is 23.1 Å². The first-order valence-corrected chi connectivity index (χ1v) is 14.4. The van der Waals surface area contributed by atoms with Gasteiger partial charge in [-0.3, -0.25) is 33.7 Å². The fraction of sp³-hybridized carbons (Fsp3) is 0.643. The molecule has 5 N–H and O–H groups in total. The molecule has 2 bridgehead atoms. The van der Waals surface area contributed by atoms with E-state index in [-0.39, 0.29) is 43.7 Å². The van der Waals surface area contributed by atoms with Gasteiger partial charge in [-0.2, -0.15) is 0 Å². The number of carbonyl (C=O) groups is 5. The number of Topliss-reactive ketones (excluding diaryl/α,β-unsaturated/α-hetero) is 1. The summed E-state index contributed by atoms with van der Waals surface area (Å²) in [6.07, 6.45) is 6.33. The fourth-order valence-electron chi connectivity index (χ4n) is 5.66. The van der Waals surface area contributed by atoms with E-state index in [9.17, 15) is 28.8 Å². The first kappa shape index (κ1) is 31.9. The molecule has 0 radical (unpaired) electrons. The fourth-order valence-corrected chi connectivity index (χ4v) is 5.66. The van der Waals surface area contributed by atoms with Gasteiger partial charge in [-0.15, -0.1) is 0 Å². The quantitative estimate of drug-likeness (QED) is 0.147. The Balaban J connectivity index is 1.65. The minimum Gasteiger partial charge on any atom is -0.353 e. The van der Waals surface area contributed by atoms with Crippen LogP contribution >= 0.6 is 0 Å². The molecule has 2 aliphatic rings. The number of nitrogens with zero attached hydrogens (tertiary/aromatic N) is 2. The maximum Gasteiger partial charge on any atom is 0.287 e. The van der Waals surface area contributed by atoms with Crippen molar-refractivity contribution in [3.8, 4) is 0 Å². The Morgan fingerprint density at radius 2 is 1.90 bits per heavy atom. The Morgan fingerprint density at radius 1 is 1.12 bits per heavy atom. The molecule has 0 aromatic carbocycles. The third-order valence-corrected chi connectivity index (χ3v) is 7.70. The normalized spacial score (nSPS) is 20.9. The number of piperidine rings is 1. The number of ketones is 1. The summed E-state index contributed by atoms with van der Waals surface area (Å²) in [6, 6.07) is 1.78. The monoisotopic (exact) mass is 573 g/mol. The van der Waals surface area contributed by atoms with Crippen LogP contribution in [0, 0.1) is 11.8 Å². The first-order chi connectivity index (χ1) is 19.6. The maximum atomic E-state index is 13.1. The molecule has 3 unspecified atom stereocenters. The predicted octanol–water partition coefficient (Wildman–Crippen LogP) is -0.439. The van der Waals surface area contributed by atoms with E-state index in [1.54, 1.807) is 6.07 Å². The molecule has 1 aliphatic carbocycles. The SMILES string of the molecule is CCCNCC(=O)N[C@@H](CCC(=O)C(=O)NC)C(=O)Nc1cccn(CC(=O)NC2C3CCCC(C3)CN2C)c1=O. The van der Waals surface area contributed by atoms with Crippen molar-refractivity contribution in [2.45, 2.75) is 70.6 Å². The Hall–Kier alpha value is -3.58. The standard InChI is InChI=1S/C28H43N7O6/c1-4-12-30-15-23(37)31-20(10-11-22(36)27(40)29-2)26(39)32-21-9-6-13-35(28(21)41)17-24(38)33-25-19-8-5-7-18(14-19)16-34(25)3/h6,9,13,18-20,25,30H,4-5,7-8,10-12,14-17H2,1-3H3,(H,29,40)(H,31,37)(H,32,39)(H,33,38)/t18?,19?,20-,25?/m0/s1. The molecule has 4 atom stereocenters. The molecule has 226 valence electrons. The zero-order chi connectivity index (χ0) is 29.9. The zero-order valence-electron chi connectivity index (χ0n) is 24.2. The Labute approximate surface area is 240 Å². The van der Waals surface area contributed by atoms with Crippen LogP contribution in [0.1, 0.15) is 51.9 Å². The molecule has 0 spiro atoms. The smallest absolute Gasteiger partial charge is 0.287 e. The third-order valence-electron chi connectivity index (χ3n) is 7.70. The van der Waals surface area contributed by atoms with E-state index < -0.39 is 35.1 Å². The number of nitrogens with one attached hydrogen (secondary N) is 5. The van der Waals surface area contributed by atoms with Gasteiger partial charge >= 0.3 is 0 Å². The van der Waals surface area contributed by atoms with E-state index in [1.165, 1.54) is 30.3 Å². The molecule has 1 aliphatic heterocycles. The van der Waals surface area contributed by atoms with E-state index >= 15 is 0 Å². The molecule has 1 aromatic rings. The number of amides is 4. The van der Waals surface area contributed by atoms with Crippen molar-refractivity contribution in [2.24, 2.45) is 11.8 Å². The summed E-state index contributed by atoms with van der Waals surface area (Å²) >= 11 is 0. The molecule has 1 aromatic heterocycles. The van der Waals surface area contributed by atoms with Crippen molar-refractivity contribution in [3.05, 3.63) is 28.7 Å². The number of hydrogen-bond donors (Lipinski definition) is 5. The van der Waals surface area contributed by atoms with Crippen molar-refractivity contribution < 1.29 is 24.0 Å². The highest BCUT2D eigenvalue weighted by atomic mass is 16.2. The minimum atomic E-state index is -1.17. The van der Waals surface area contributed by atoms with Crippen LogP contribution < -0.4 is 32.1 Å². The molecule has 13 heteroatoms. The lowest BCUT2D eigenvalue weighted by molar-refractivity contribution is -0.137. The van der Waals surface area contributed by atoms with Crippen LogP contribution in [0.3, 0.4) is 0 Å². The average molecular weight is 574 g/mol. The first-order valence-electron chi connectivity index (χ1n) is 14.4. The van der Waals surface area contributed by atoms with Crippen LogP contribution in [0.4, 0.5) is 5.69 Å². The van der Waals surface area contributed by atoms with Crippen molar-refractivity contribution in [1.29, 1.82) is 0 Å². The lowest BCUT2D eigenvalue weighted by Gasteiger charge is -2.46. The van der Waals surface area contributed by atoms with Gasteiger partial charge in [-0.05, 0) is 69.7 Å². The van der Waals surface area contributed by atoms with Crippen LogP contribution in [0.25, 0.3) is 0 Å². The number of rotatable bonds is 14. The second-order valence-electron chi connectivity index (χ2n) is 10.9. The molecular weight excluding hydrogens is 530 g/mol. The molecule has 41 heavy (non-hydrogen) atoms. The summed E-state index contributed by atoms with van der Waals surface area (Å²) in [6.45, 7) is 3.23. The second-order valence-corrected chi connectivity index (χ2v) is 10.9. The highest BCUT2D eigenvalue weighted by molar-refractivity contribution is 6.36. The Morgan fingerprint density at radius 3 is 2.63 bits per heavy atom. The van der Waals surface area contributed by atoms with E-state index in [2.05, 4.69) is 31.5 Å². The van der Waals surface area contributed by atoms with Gasteiger partial charge in [0.1, 0.15) is 18.3 Å². The average Bonchev–Trinajstić information content (AvgIpc) is 2.94. The van der Waals surface area contributed by atoms with Gasteiger partial charge in [0.15, 0.2) is 0 Å². The lowest BCUT2D eigenvalue weighted by Crippen LogP contribution is -2.57. The third kappa shape index (κ3) is 9.22. The molecule has 1 saturated heterocycles. The van der Waals surface area contributed by atoms with Crippen LogP contribution in [-0.4, -0.2) is 84.8 Å². The molecule has 2 fully saturated rings. The molecule has 13 nitrogen and oxygen atoms in total. The van der Waals surface area contributed by atoms with E-state index in [0.717, 1.165) is 32.2 Å². The summed E-state index contributed by atoms with van der Waals surface area (Å²) in [5.74, 6) is -1.96. The summed E-state index contributed by atoms with van der Waals surface area (Å²) in [4.78, 5) is 77.4. The summed E-state index contributed by atoms with van der Waals surface area (Å²) < 4.78 is 1.22. The highest BCUT2D eigenvalue weighted by Gasteiger charge is 2.37. The van der Waals surface area contributed by atoms with Gasteiger partial charge in [-0.25, -0.2) is 0 Å². The molecular formula is C28H43N7O6. The van der Waals surface area contributed by atoms with E-state index in [4.69, 9.17) is 0 Å². The Bertz CT molecular complexity index is 1170. The number of likely N-dealkylation sites (N-methyl/N-ethyl adjacent to an activating group) is 1. The lowest BCUT2D eigenvalue weighted by atomic mass is 9.76. The van der Waals surface area contributed by atoms with Crippen molar-refractivity contribution >= 4 is 35.1 Å². The van der Waals surface area contributed by atoms with Gasteiger partial charge < -0.3 is 31.2 Å². The molecule has 2 heterocycles. The number of carbonyl (C=O) groups excluding carboxylic acids is 5. The topological polar surface area (TPSA) is 171 Å². The number of hydrogen-bond acceptors (Lipinski definition) is 8. The summed E-state index contributed by atoms with van der Waals surface area (Å²) in [7, 11) is 3.33. The van der Waals surface area contributed by atoms with Crippen molar-refractivity contribution in [2.75, 3.05) is 39.0 Å². The van der Waals surface area contributed by atoms with E-state index in [0.29, 0.717) is 18.4 Å². The molecule has 3 rings (SSSR count). The van der Waals surface area contributed by atoms with Gasteiger partial charge in [0.05, 0.1) is 12.7 Å². The Kier molecular flexibility index (Phi) is 12.0. The van der Waals surface area contributed by atoms with Crippen LogP contribution in [0.5, 0.6) is 0 Å². The number of aromatic nitrogens is 1. The number of anilines is 1. The van der Waals surface area contributed by atoms with Crippen molar-refractivity contribution in [1.82, 2.24) is 30.7 Å². The predicted molar refractivity (Wildman–Crippen MR) is 153 cm³/mol. The van der Waals surface area contributed by atoms with Crippen LogP contribution in [0.2, 0.25) is 0 Å². The second kappa shape index (κ2) is 15.4. The molecule has 4 amide bonds. The molecule has 1 saturated carbocycles. The van der Waals surface area contributed by atoms with E-state index in [1.807, 2.05) is 14.0 Å². The summed E-state index contributed by atoms with van der Waals surface area (Å²) in [5, 5.41) is 13.3. The number of fused-ring (bicyclic) bond motifs is 2. The van der Waals surface area contributed by atoms with Gasteiger partial charge in [0.2, 0.25) is 23.5 Å². The number of pyridine rings is 1. The maximum absolute atomic E-state index is 13.1. The summed E-state index contributed by atoms with van der Waals surface area (Å²) in [5.41, 5.74) is -0.655. The highest BCUT2D eigenvalue weighted by Crippen LogP contribution is 2.36. The van der Waals surface area contributed by atoms with Gasteiger partial charge in [0, 0.05) is 26.2 Å². The minimum absolute atomic E-state index is 0.0358. The largest absolute Gasteiger partial charge is 0.353 e. The van der Waals surface area contributed by atoms with Gasteiger partial charge in [-0.1, -0.05) is 13.3 Å².